The highest BCUT2D eigenvalue weighted by atomic mass is 35.5. The molecule has 0 aromatic heterocycles. The summed E-state index contributed by atoms with van der Waals surface area (Å²) in [6, 6.07) is 4.47. The molecule has 1 fully saturated rings. The van der Waals surface area contributed by atoms with Crippen molar-refractivity contribution in [2.24, 2.45) is 5.73 Å². The molecule has 0 radical (unpaired) electrons. The normalized spacial score (nSPS) is 19.1. The Morgan fingerprint density at radius 1 is 1.43 bits per heavy atom. The number of carbonyl (C=O) groups excluding carboxylic acids is 1. The van der Waals surface area contributed by atoms with Crippen LogP contribution >= 0.6 is 12.4 Å². The number of nitrogens with zero attached hydrogens (tertiary/aromatic N) is 1. The van der Waals surface area contributed by atoms with E-state index in [9.17, 15) is 13.2 Å². The lowest BCUT2D eigenvalue weighted by atomic mass is 10.1. The van der Waals surface area contributed by atoms with Crippen molar-refractivity contribution < 1.29 is 17.9 Å². The standard InChI is InChI=1S/C13H18N2O4S.ClH/c1-9-3-4-12(11(7-9)13(16)19-2)20(17,18)15-6-5-10(14)8-15;/h3-4,7,10H,5-6,8,14H2,1-2H3;1H/t10-;/m1./s1. The van der Waals surface area contributed by atoms with Gasteiger partial charge in [-0.3, -0.25) is 0 Å². The molecule has 0 bridgehead atoms. The third kappa shape index (κ3) is 3.55. The number of esters is 1. The molecule has 6 nitrogen and oxygen atoms in total. The van der Waals surface area contributed by atoms with Crippen LogP contribution in [-0.2, 0) is 14.8 Å². The minimum absolute atomic E-state index is 0. The molecule has 8 heteroatoms. The van der Waals surface area contributed by atoms with Crippen molar-refractivity contribution in [3.8, 4) is 0 Å². The van der Waals surface area contributed by atoms with E-state index >= 15 is 0 Å². The summed E-state index contributed by atoms with van der Waals surface area (Å²) in [6.45, 7) is 2.43. The molecule has 0 unspecified atom stereocenters. The molecule has 1 aromatic rings. The van der Waals surface area contributed by atoms with Gasteiger partial charge in [0.2, 0.25) is 10.0 Å². The molecule has 0 amide bonds. The van der Waals surface area contributed by atoms with Crippen molar-refractivity contribution in [3.05, 3.63) is 29.3 Å². The molecule has 21 heavy (non-hydrogen) atoms. The molecule has 0 spiro atoms. The van der Waals surface area contributed by atoms with Crippen molar-refractivity contribution in [3.63, 3.8) is 0 Å². The third-order valence-electron chi connectivity index (χ3n) is 3.35. The van der Waals surface area contributed by atoms with E-state index in [2.05, 4.69) is 4.74 Å². The summed E-state index contributed by atoms with van der Waals surface area (Å²) in [5.41, 5.74) is 6.61. The van der Waals surface area contributed by atoms with Crippen LogP contribution in [0.3, 0.4) is 0 Å². The summed E-state index contributed by atoms with van der Waals surface area (Å²) >= 11 is 0. The van der Waals surface area contributed by atoms with Crippen LogP contribution < -0.4 is 5.73 Å². The molecule has 0 saturated carbocycles. The van der Waals surface area contributed by atoms with Gasteiger partial charge >= 0.3 is 5.97 Å². The number of hydrogen-bond donors (Lipinski definition) is 1. The van der Waals surface area contributed by atoms with Gasteiger partial charge in [-0.2, -0.15) is 4.31 Å². The van der Waals surface area contributed by atoms with Gasteiger partial charge in [-0.15, -0.1) is 12.4 Å². The first-order chi connectivity index (χ1) is 9.36. The number of rotatable bonds is 3. The Bertz CT molecular complexity index is 633. The molecular formula is C13H19ClN2O4S. The molecule has 1 atom stereocenters. The van der Waals surface area contributed by atoms with E-state index in [1.165, 1.54) is 23.5 Å². The van der Waals surface area contributed by atoms with E-state index in [-0.39, 0.29) is 35.5 Å². The maximum absolute atomic E-state index is 12.6. The van der Waals surface area contributed by atoms with Crippen molar-refractivity contribution in [2.75, 3.05) is 20.2 Å². The fourth-order valence-corrected chi connectivity index (χ4v) is 3.92. The zero-order valence-corrected chi connectivity index (χ0v) is 13.5. The molecule has 2 N–H and O–H groups in total. The fourth-order valence-electron chi connectivity index (χ4n) is 2.25. The average Bonchev–Trinajstić information content (AvgIpc) is 2.84. The van der Waals surface area contributed by atoms with Gasteiger partial charge in [-0.05, 0) is 25.5 Å². The van der Waals surface area contributed by atoms with Gasteiger partial charge in [-0.1, -0.05) is 11.6 Å². The summed E-state index contributed by atoms with van der Waals surface area (Å²) in [4.78, 5) is 11.8. The molecule has 1 aliphatic heterocycles. The second-order valence-corrected chi connectivity index (χ2v) is 6.81. The van der Waals surface area contributed by atoms with Crippen molar-refractivity contribution in [1.82, 2.24) is 4.31 Å². The number of halogens is 1. The van der Waals surface area contributed by atoms with Gasteiger partial charge in [0.1, 0.15) is 0 Å². The summed E-state index contributed by atoms with van der Waals surface area (Å²) in [7, 11) is -2.49. The minimum Gasteiger partial charge on any atom is -0.465 e. The van der Waals surface area contributed by atoms with E-state index in [1.54, 1.807) is 13.0 Å². The van der Waals surface area contributed by atoms with E-state index in [1.807, 2.05) is 0 Å². The first kappa shape index (κ1) is 17.9. The predicted octanol–water partition coefficient (Wildman–Crippen LogP) is 0.925. The molecule has 2 rings (SSSR count). The molecule has 0 aliphatic carbocycles. The lowest BCUT2D eigenvalue weighted by molar-refractivity contribution is 0.0596. The van der Waals surface area contributed by atoms with Gasteiger partial charge in [0.05, 0.1) is 17.6 Å². The molecule has 1 aromatic carbocycles. The first-order valence-corrected chi connectivity index (χ1v) is 7.75. The topological polar surface area (TPSA) is 89.7 Å². The van der Waals surface area contributed by atoms with Crippen LogP contribution in [0.2, 0.25) is 0 Å². The van der Waals surface area contributed by atoms with Gasteiger partial charge in [-0.25, -0.2) is 13.2 Å². The minimum atomic E-state index is -3.72. The van der Waals surface area contributed by atoms with Crippen LogP contribution in [0, 0.1) is 6.92 Å². The molecule has 1 aliphatic rings. The third-order valence-corrected chi connectivity index (χ3v) is 5.27. The second kappa shape index (κ2) is 6.74. The largest absolute Gasteiger partial charge is 0.465 e. The maximum atomic E-state index is 12.6. The Morgan fingerprint density at radius 3 is 2.62 bits per heavy atom. The SMILES string of the molecule is COC(=O)c1cc(C)ccc1S(=O)(=O)N1CC[C@@H](N)C1.Cl. The van der Waals surface area contributed by atoms with Gasteiger partial charge < -0.3 is 10.5 Å². The van der Waals surface area contributed by atoms with E-state index in [0.29, 0.717) is 13.0 Å². The van der Waals surface area contributed by atoms with Crippen LogP contribution in [0.5, 0.6) is 0 Å². The zero-order valence-electron chi connectivity index (χ0n) is 11.9. The number of carbonyl (C=O) groups is 1. The number of sulfonamides is 1. The summed E-state index contributed by atoms with van der Waals surface area (Å²) in [5.74, 6) is -0.657. The number of hydrogen-bond acceptors (Lipinski definition) is 5. The van der Waals surface area contributed by atoms with Crippen LogP contribution in [0.4, 0.5) is 0 Å². The van der Waals surface area contributed by atoms with Crippen LogP contribution in [0.1, 0.15) is 22.3 Å². The highest BCUT2D eigenvalue weighted by Crippen LogP contribution is 2.25. The highest BCUT2D eigenvalue weighted by Gasteiger charge is 2.33. The van der Waals surface area contributed by atoms with Gasteiger partial charge in [0.25, 0.3) is 0 Å². The van der Waals surface area contributed by atoms with Crippen LogP contribution in [0.25, 0.3) is 0 Å². The Labute approximate surface area is 130 Å². The molecule has 118 valence electrons. The van der Waals surface area contributed by atoms with E-state index < -0.39 is 16.0 Å². The number of ether oxygens (including phenoxy) is 1. The van der Waals surface area contributed by atoms with E-state index in [0.717, 1.165) is 5.56 Å². The second-order valence-electron chi connectivity index (χ2n) is 4.90. The molecule has 1 saturated heterocycles. The Morgan fingerprint density at radius 2 is 2.10 bits per heavy atom. The number of methoxy groups -OCH3 is 1. The van der Waals surface area contributed by atoms with Crippen molar-refractivity contribution in [1.29, 1.82) is 0 Å². The van der Waals surface area contributed by atoms with Crippen molar-refractivity contribution in [2.45, 2.75) is 24.3 Å². The molecule has 1 heterocycles. The lowest BCUT2D eigenvalue weighted by Crippen LogP contribution is -2.33. The Kier molecular flexibility index (Phi) is 5.75. The summed E-state index contributed by atoms with van der Waals surface area (Å²) in [5, 5.41) is 0. The maximum Gasteiger partial charge on any atom is 0.339 e. The number of aryl methyl sites for hydroxylation is 1. The highest BCUT2D eigenvalue weighted by molar-refractivity contribution is 7.89. The van der Waals surface area contributed by atoms with Crippen molar-refractivity contribution >= 4 is 28.4 Å². The fraction of sp³-hybridized carbons (Fsp3) is 0.462. The Balaban J connectivity index is 0.00000220. The quantitative estimate of drug-likeness (QED) is 0.830. The van der Waals surface area contributed by atoms with Gasteiger partial charge in [0, 0.05) is 19.1 Å². The Hall–Kier alpha value is -1.15. The predicted molar refractivity (Wildman–Crippen MR) is 81.1 cm³/mol. The van der Waals surface area contributed by atoms with Crippen LogP contribution in [-0.4, -0.2) is 44.9 Å². The number of benzene rings is 1. The van der Waals surface area contributed by atoms with Gasteiger partial charge in [0.15, 0.2) is 0 Å². The smallest absolute Gasteiger partial charge is 0.339 e. The zero-order chi connectivity index (χ0) is 14.9. The van der Waals surface area contributed by atoms with Crippen LogP contribution in [0.15, 0.2) is 23.1 Å². The first-order valence-electron chi connectivity index (χ1n) is 6.31. The summed E-state index contributed by atoms with van der Waals surface area (Å²) < 4.78 is 31.2. The van der Waals surface area contributed by atoms with E-state index in [4.69, 9.17) is 5.73 Å². The lowest BCUT2D eigenvalue weighted by Gasteiger charge is -2.18. The number of nitrogens with two attached hydrogens (primary N) is 1. The monoisotopic (exact) mass is 334 g/mol. The molecular weight excluding hydrogens is 316 g/mol. The summed E-state index contributed by atoms with van der Waals surface area (Å²) in [6.07, 6.45) is 0.624. The average molecular weight is 335 g/mol.